The van der Waals surface area contributed by atoms with Crippen LogP contribution in [0.15, 0.2) is 47.8 Å². The molecule has 0 saturated heterocycles. The maximum atomic E-state index is 13.3. The van der Waals surface area contributed by atoms with Crippen LogP contribution in [0.5, 0.6) is 5.75 Å². The second kappa shape index (κ2) is 10.4. The summed E-state index contributed by atoms with van der Waals surface area (Å²) in [6.07, 6.45) is 0. The maximum absolute atomic E-state index is 13.3. The molecule has 0 radical (unpaired) electrons. The second-order valence-corrected chi connectivity index (χ2v) is 8.49. The van der Waals surface area contributed by atoms with Crippen LogP contribution >= 0.6 is 11.3 Å². The number of nitrogens with one attached hydrogen (secondary N) is 1. The van der Waals surface area contributed by atoms with Crippen molar-refractivity contribution in [3.8, 4) is 16.9 Å². The molecule has 168 valence electrons. The molecule has 3 aromatic rings. The first kappa shape index (κ1) is 23.5. The number of thiophene rings is 1. The number of hydrogen-bond donors (Lipinski definition) is 1. The highest BCUT2D eigenvalue weighted by Crippen LogP contribution is 2.36. The summed E-state index contributed by atoms with van der Waals surface area (Å²) >= 11 is 1.21. The minimum Gasteiger partial charge on any atom is -0.483 e. The van der Waals surface area contributed by atoms with Gasteiger partial charge in [0.25, 0.3) is 5.91 Å². The van der Waals surface area contributed by atoms with Crippen molar-refractivity contribution in [2.75, 3.05) is 18.5 Å². The molecule has 2 aromatic carbocycles. The zero-order chi connectivity index (χ0) is 23.3. The Morgan fingerprint density at radius 3 is 2.50 bits per heavy atom. The van der Waals surface area contributed by atoms with Crippen molar-refractivity contribution < 1.29 is 23.5 Å². The van der Waals surface area contributed by atoms with Crippen molar-refractivity contribution in [1.29, 1.82) is 0 Å². The largest absolute Gasteiger partial charge is 0.483 e. The van der Waals surface area contributed by atoms with Crippen LogP contribution in [-0.4, -0.2) is 25.1 Å². The van der Waals surface area contributed by atoms with Crippen LogP contribution in [-0.2, 0) is 9.53 Å². The first-order chi connectivity index (χ1) is 15.3. The van der Waals surface area contributed by atoms with Crippen molar-refractivity contribution in [3.05, 3.63) is 70.4 Å². The molecule has 1 heterocycles. The third kappa shape index (κ3) is 5.53. The van der Waals surface area contributed by atoms with E-state index in [0.29, 0.717) is 21.9 Å². The van der Waals surface area contributed by atoms with Crippen LogP contribution in [0.1, 0.15) is 48.2 Å². The smallest absolute Gasteiger partial charge is 0.341 e. The molecule has 0 aliphatic carbocycles. The number of halogens is 1. The standard InChI is InChI=1S/C25H26FNO4S/c1-5-30-25(29)23-20(17-7-9-18(26)10-8-17)14-32-24(23)27-22(28)13-31-21-12-16(4)6-11-19(21)15(2)3/h6-12,14-15H,5,13H2,1-4H3,(H,27,28). The Kier molecular flexibility index (Phi) is 7.64. The number of amides is 1. The van der Waals surface area contributed by atoms with E-state index in [9.17, 15) is 14.0 Å². The van der Waals surface area contributed by atoms with Crippen LogP contribution in [0.2, 0.25) is 0 Å². The number of rotatable bonds is 8. The summed E-state index contributed by atoms with van der Waals surface area (Å²) in [5, 5.41) is 4.87. The molecule has 0 spiro atoms. The van der Waals surface area contributed by atoms with Gasteiger partial charge in [0, 0.05) is 10.9 Å². The molecule has 0 fully saturated rings. The van der Waals surface area contributed by atoms with Gasteiger partial charge in [-0.25, -0.2) is 9.18 Å². The number of benzene rings is 2. The highest BCUT2D eigenvalue weighted by atomic mass is 32.1. The van der Waals surface area contributed by atoms with Crippen LogP contribution in [0.3, 0.4) is 0 Å². The Hall–Kier alpha value is -3.19. The van der Waals surface area contributed by atoms with Gasteiger partial charge in [-0.15, -0.1) is 11.3 Å². The van der Waals surface area contributed by atoms with Crippen molar-refractivity contribution in [2.45, 2.75) is 33.6 Å². The zero-order valence-electron chi connectivity index (χ0n) is 18.5. The lowest BCUT2D eigenvalue weighted by Crippen LogP contribution is -2.21. The molecule has 0 unspecified atom stereocenters. The van der Waals surface area contributed by atoms with Gasteiger partial charge in [0.2, 0.25) is 0 Å². The molecule has 1 aromatic heterocycles. The number of carbonyl (C=O) groups is 2. The third-order valence-electron chi connectivity index (χ3n) is 4.83. The summed E-state index contributed by atoms with van der Waals surface area (Å²) in [6, 6.07) is 11.7. The Morgan fingerprint density at radius 2 is 1.84 bits per heavy atom. The Labute approximate surface area is 191 Å². The fourth-order valence-corrected chi connectivity index (χ4v) is 4.22. The van der Waals surface area contributed by atoms with Crippen LogP contribution < -0.4 is 10.1 Å². The Morgan fingerprint density at radius 1 is 1.12 bits per heavy atom. The number of ether oxygens (including phenoxy) is 2. The molecule has 0 aliphatic rings. The zero-order valence-corrected chi connectivity index (χ0v) is 19.3. The molecule has 0 atom stereocenters. The van der Waals surface area contributed by atoms with E-state index in [0.717, 1.165) is 11.1 Å². The molecule has 0 bridgehead atoms. The molecule has 7 heteroatoms. The number of hydrogen-bond acceptors (Lipinski definition) is 5. The van der Waals surface area contributed by atoms with Gasteiger partial charge in [0.15, 0.2) is 6.61 Å². The van der Waals surface area contributed by atoms with Crippen LogP contribution in [0.4, 0.5) is 9.39 Å². The van der Waals surface area contributed by atoms with E-state index in [1.165, 1.54) is 23.5 Å². The summed E-state index contributed by atoms with van der Waals surface area (Å²) in [7, 11) is 0. The van der Waals surface area contributed by atoms with Crippen molar-refractivity contribution in [2.24, 2.45) is 0 Å². The van der Waals surface area contributed by atoms with Crippen molar-refractivity contribution >= 4 is 28.2 Å². The molecule has 0 aliphatic heterocycles. The molecule has 32 heavy (non-hydrogen) atoms. The summed E-state index contributed by atoms with van der Waals surface area (Å²) in [4.78, 5) is 25.3. The van der Waals surface area contributed by atoms with Gasteiger partial charge in [-0.1, -0.05) is 38.1 Å². The van der Waals surface area contributed by atoms with E-state index >= 15 is 0 Å². The van der Waals surface area contributed by atoms with E-state index in [-0.39, 0.29) is 36.4 Å². The lowest BCUT2D eigenvalue weighted by Gasteiger charge is -2.15. The van der Waals surface area contributed by atoms with E-state index in [1.54, 1.807) is 24.4 Å². The predicted molar refractivity (Wildman–Crippen MR) is 125 cm³/mol. The average molecular weight is 456 g/mol. The topological polar surface area (TPSA) is 64.6 Å². The van der Waals surface area contributed by atoms with Gasteiger partial charge in [-0.05, 0) is 54.7 Å². The molecule has 5 nitrogen and oxygen atoms in total. The normalized spacial score (nSPS) is 10.8. The number of carbonyl (C=O) groups excluding carboxylic acids is 2. The Bertz CT molecular complexity index is 1110. The van der Waals surface area contributed by atoms with Gasteiger partial charge in [0.05, 0.1) is 6.61 Å². The monoisotopic (exact) mass is 455 g/mol. The van der Waals surface area contributed by atoms with Gasteiger partial charge in [-0.2, -0.15) is 0 Å². The SMILES string of the molecule is CCOC(=O)c1c(-c2ccc(F)cc2)csc1NC(=O)COc1cc(C)ccc1C(C)C. The molecule has 0 saturated carbocycles. The van der Waals surface area contributed by atoms with Crippen LogP contribution in [0, 0.1) is 12.7 Å². The third-order valence-corrected chi connectivity index (χ3v) is 5.72. The number of aryl methyl sites for hydroxylation is 1. The minimum absolute atomic E-state index is 0.194. The Balaban J connectivity index is 1.81. The number of esters is 1. The maximum Gasteiger partial charge on any atom is 0.341 e. The van der Waals surface area contributed by atoms with Crippen molar-refractivity contribution in [3.63, 3.8) is 0 Å². The van der Waals surface area contributed by atoms with Gasteiger partial charge in [0.1, 0.15) is 22.1 Å². The highest BCUT2D eigenvalue weighted by molar-refractivity contribution is 7.15. The van der Waals surface area contributed by atoms with E-state index in [2.05, 4.69) is 19.2 Å². The summed E-state index contributed by atoms with van der Waals surface area (Å²) < 4.78 is 24.3. The first-order valence-corrected chi connectivity index (χ1v) is 11.3. The van der Waals surface area contributed by atoms with Crippen molar-refractivity contribution in [1.82, 2.24) is 0 Å². The van der Waals surface area contributed by atoms with Gasteiger partial charge >= 0.3 is 5.97 Å². The highest BCUT2D eigenvalue weighted by Gasteiger charge is 2.23. The van der Waals surface area contributed by atoms with Gasteiger partial charge in [-0.3, -0.25) is 4.79 Å². The quantitative estimate of drug-likeness (QED) is 0.412. The lowest BCUT2D eigenvalue weighted by molar-refractivity contribution is -0.118. The molecular weight excluding hydrogens is 429 g/mol. The molecular formula is C25H26FNO4S. The van der Waals surface area contributed by atoms with E-state index in [4.69, 9.17) is 9.47 Å². The fourth-order valence-electron chi connectivity index (χ4n) is 3.25. The molecule has 3 rings (SSSR count). The first-order valence-electron chi connectivity index (χ1n) is 10.4. The summed E-state index contributed by atoms with van der Waals surface area (Å²) in [5.74, 6) is -0.396. The molecule has 1 amide bonds. The number of anilines is 1. The predicted octanol–water partition coefficient (Wildman–Crippen LogP) is 6.18. The van der Waals surface area contributed by atoms with E-state index in [1.807, 2.05) is 25.1 Å². The second-order valence-electron chi connectivity index (χ2n) is 7.61. The molecule has 1 N–H and O–H groups in total. The minimum atomic E-state index is -0.551. The van der Waals surface area contributed by atoms with E-state index < -0.39 is 5.97 Å². The summed E-state index contributed by atoms with van der Waals surface area (Å²) in [6.45, 7) is 7.79. The lowest BCUT2D eigenvalue weighted by atomic mass is 10.0. The van der Waals surface area contributed by atoms with Crippen LogP contribution in [0.25, 0.3) is 11.1 Å². The fraction of sp³-hybridized carbons (Fsp3) is 0.280. The average Bonchev–Trinajstić information content (AvgIpc) is 3.16. The van der Waals surface area contributed by atoms with Gasteiger partial charge < -0.3 is 14.8 Å². The summed E-state index contributed by atoms with van der Waals surface area (Å²) in [5.41, 5.74) is 3.53.